The predicted molar refractivity (Wildman–Crippen MR) is 148 cm³/mol. The molecule has 0 amide bonds. The number of para-hydroxylation sites is 2. The molecular weight excluding hydrogens is 478 g/mol. The fraction of sp³-hybridized carbons (Fsp3) is 0.0312. The molecule has 0 aliphatic heterocycles. The van der Waals surface area contributed by atoms with E-state index < -0.39 is 23.6 Å². The van der Waals surface area contributed by atoms with Crippen LogP contribution in [0.2, 0.25) is 0 Å². The van der Waals surface area contributed by atoms with E-state index in [9.17, 15) is 19.5 Å². The average Bonchev–Trinajstić information content (AvgIpc) is 2.93. The van der Waals surface area contributed by atoms with Gasteiger partial charge in [0.25, 0.3) is 0 Å². The summed E-state index contributed by atoms with van der Waals surface area (Å²) in [5, 5.41) is 10.0. The Morgan fingerprint density at radius 3 is 2.00 bits per heavy atom. The molecule has 1 N–H and O–H groups in total. The van der Waals surface area contributed by atoms with Gasteiger partial charge in [0.2, 0.25) is 0 Å². The van der Waals surface area contributed by atoms with Crippen LogP contribution in [-0.4, -0.2) is 16.7 Å². The lowest BCUT2D eigenvalue weighted by atomic mass is 10.1. The molecule has 0 aliphatic carbocycles. The monoisotopic (exact) mass is 501 g/mol. The number of benzene rings is 4. The van der Waals surface area contributed by atoms with Gasteiger partial charge in [-0.25, -0.2) is 4.79 Å². The number of phenolic OH excluding ortho intramolecular Hbond substituents is 1. The van der Waals surface area contributed by atoms with Gasteiger partial charge in [-0.2, -0.15) is 0 Å². The lowest BCUT2D eigenvalue weighted by Gasteiger charge is -2.25. The van der Waals surface area contributed by atoms with Crippen molar-refractivity contribution in [2.45, 2.75) is 6.42 Å². The highest BCUT2D eigenvalue weighted by Crippen LogP contribution is 2.34. The summed E-state index contributed by atoms with van der Waals surface area (Å²) in [6, 6.07) is 33.4. The lowest BCUT2D eigenvalue weighted by Crippen LogP contribution is -2.16. The highest BCUT2D eigenvalue weighted by molar-refractivity contribution is 6.12. The fourth-order valence-electron chi connectivity index (χ4n) is 4.13. The number of carbonyl (C=O) groups is 2. The Bertz CT molecular complexity index is 1650. The molecule has 6 heteroatoms. The first-order chi connectivity index (χ1) is 18.5. The first-order valence-electron chi connectivity index (χ1n) is 12.0. The number of anilines is 3. The number of phenols is 1. The normalized spacial score (nSPS) is 11.1. The van der Waals surface area contributed by atoms with E-state index in [2.05, 4.69) is 4.90 Å². The number of allylic oxidation sites excluding steroid dienone is 1. The average molecular weight is 502 g/mol. The van der Waals surface area contributed by atoms with Crippen LogP contribution in [0.1, 0.15) is 22.3 Å². The van der Waals surface area contributed by atoms with Gasteiger partial charge >= 0.3 is 5.63 Å². The highest BCUT2D eigenvalue weighted by Gasteiger charge is 2.17. The maximum Gasteiger partial charge on any atom is 0.347 e. The summed E-state index contributed by atoms with van der Waals surface area (Å²) < 4.78 is 5.13. The van der Waals surface area contributed by atoms with E-state index in [0.29, 0.717) is 5.39 Å². The maximum absolute atomic E-state index is 12.6. The number of rotatable bonds is 8. The number of ketones is 2. The second-order valence-electron chi connectivity index (χ2n) is 8.67. The highest BCUT2D eigenvalue weighted by atomic mass is 16.4. The van der Waals surface area contributed by atoms with Crippen molar-refractivity contribution in [3.05, 3.63) is 137 Å². The summed E-state index contributed by atoms with van der Waals surface area (Å²) in [4.78, 5) is 39.5. The summed E-state index contributed by atoms with van der Waals surface area (Å²) in [5.74, 6) is -1.11. The van der Waals surface area contributed by atoms with Gasteiger partial charge < -0.3 is 14.4 Å². The molecule has 4 aromatic carbocycles. The third-order valence-electron chi connectivity index (χ3n) is 6.00. The summed E-state index contributed by atoms with van der Waals surface area (Å²) >= 11 is 0. The van der Waals surface area contributed by atoms with Gasteiger partial charge in [-0.1, -0.05) is 54.6 Å². The maximum atomic E-state index is 12.6. The largest absolute Gasteiger partial charge is 0.508 e. The van der Waals surface area contributed by atoms with Crippen LogP contribution in [0, 0.1) is 0 Å². The Morgan fingerprint density at radius 2 is 1.37 bits per heavy atom. The third kappa shape index (κ3) is 5.44. The molecule has 186 valence electrons. The quantitative estimate of drug-likeness (QED) is 0.109. The van der Waals surface area contributed by atoms with E-state index in [1.54, 1.807) is 6.08 Å². The molecule has 1 heterocycles. The van der Waals surface area contributed by atoms with Gasteiger partial charge in [0, 0.05) is 28.5 Å². The summed E-state index contributed by atoms with van der Waals surface area (Å²) in [5.41, 5.74) is 2.91. The molecule has 0 fully saturated rings. The molecule has 0 spiro atoms. The Kier molecular flexibility index (Phi) is 6.95. The van der Waals surface area contributed by atoms with Crippen molar-refractivity contribution in [2.75, 3.05) is 4.90 Å². The molecule has 5 rings (SSSR count). The minimum absolute atomic E-state index is 0.0547. The molecule has 1 aromatic heterocycles. The van der Waals surface area contributed by atoms with Crippen LogP contribution < -0.4 is 10.5 Å². The van der Waals surface area contributed by atoms with Gasteiger partial charge in [0.15, 0.2) is 11.6 Å². The van der Waals surface area contributed by atoms with Crippen LogP contribution in [0.4, 0.5) is 17.1 Å². The first kappa shape index (κ1) is 24.5. The van der Waals surface area contributed by atoms with Crippen LogP contribution >= 0.6 is 0 Å². The van der Waals surface area contributed by atoms with Crippen molar-refractivity contribution in [3.63, 3.8) is 0 Å². The third-order valence-corrected chi connectivity index (χ3v) is 6.00. The minimum Gasteiger partial charge on any atom is -0.508 e. The lowest BCUT2D eigenvalue weighted by molar-refractivity contribution is -0.113. The molecule has 0 saturated carbocycles. The van der Waals surface area contributed by atoms with E-state index in [-0.39, 0.29) is 16.9 Å². The Labute approximate surface area is 218 Å². The zero-order chi connectivity index (χ0) is 26.5. The topological polar surface area (TPSA) is 87.8 Å². The Morgan fingerprint density at radius 1 is 0.763 bits per heavy atom. The standard InChI is InChI=1S/C32H23NO5/c34-27(20-30(36)29-19-23-14-18-28(35)21-31(23)38-32(29)37)17-13-22-11-15-26(16-12-22)33(24-7-3-1-4-8-24)25-9-5-2-6-10-25/h1-19,21,35H,20H2. The van der Waals surface area contributed by atoms with Crippen LogP contribution in [0.25, 0.3) is 17.0 Å². The Hall–Kier alpha value is -5.23. The summed E-state index contributed by atoms with van der Waals surface area (Å²) in [6.45, 7) is 0. The van der Waals surface area contributed by atoms with Gasteiger partial charge in [-0.15, -0.1) is 0 Å². The van der Waals surface area contributed by atoms with Crippen molar-refractivity contribution >= 4 is 45.7 Å². The zero-order valence-electron chi connectivity index (χ0n) is 20.3. The summed E-state index contributed by atoms with van der Waals surface area (Å²) in [6.07, 6.45) is 2.51. The number of fused-ring (bicyclic) bond motifs is 1. The predicted octanol–water partition coefficient (Wildman–Crippen LogP) is 6.82. The molecule has 0 radical (unpaired) electrons. The van der Waals surface area contributed by atoms with E-state index in [0.717, 1.165) is 22.6 Å². The van der Waals surface area contributed by atoms with Crippen molar-refractivity contribution < 1.29 is 19.1 Å². The summed E-state index contributed by atoms with van der Waals surface area (Å²) in [7, 11) is 0. The van der Waals surface area contributed by atoms with Gasteiger partial charge in [-0.05, 0) is 66.2 Å². The van der Waals surface area contributed by atoms with Crippen LogP contribution in [0.5, 0.6) is 5.75 Å². The first-order valence-corrected chi connectivity index (χ1v) is 12.0. The van der Waals surface area contributed by atoms with Crippen molar-refractivity contribution in [1.82, 2.24) is 0 Å². The SMILES string of the molecule is O=C(C=Cc1ccc(N(c2ccccc2)c2ccccc2)cc1)CC(=O)c1cc2ccc(O)cc2oc1=O. The smallest absolute Gasteiger partial charge is 0.347 e. The van der Waals surface area contributed by atoms with Crippen molar-refractivity contribution in [1.29, 1.82) is 0 Å². The van der Waals surface area contributed by atoms with Gasteiger partial charge in [0.05, 0.1) is 6.42 Å². The molecule has 5 aromatic rings. The molecule has 6 nitrogen and oxygen atoms in total. The Balaban J connectivity index is 1.30. The number of nitrogens with zero attached hydrogens (tertiary/aromatic N) is 1. The van der Waals surface area contributed by atoms with Gasteiger partial charge in [-0.3, -0.25) is 9.59 Å². The molecule has 0 unspecified atom stereocenters. The van der Waals surface area contributed by atoms with E-state index in [1.165, 1.54) is 30.3 Å². The van der Waals surface area contributed by atoms with E-state index in [1.807, 2.05) is 84.9 Å². The van der Waals surface area contributed by atoms with Crippen molar-refractivity contribution in [3.8, 4) is 5.75 Å². The molecule has 38 heavy (non-hydrogen) atoms. The van der Waals surface area contributed by atoms with E-state index >= 15 is 0 Å². The number of aromatic hydroxyl groups is 1. The number of Topliss-reactive ketones (excluding diaryl/α,β-unsaturated/α-hetero) is 1. The van der Waals surface area contributed by atoms with Crippen molar-refractivity contribution in [2.24, 2.45) is 0 Å². The fourth-order valence-corrected chi connectivity index (χ4v) is 4.13. The number of hydrogen-bond donors (Lipinski definition) is 1. The molecule has 0 aliphatic rings. The van der Waals surface area contributed by atoms with E-state index in [4.69, 9.17) is 4.42 Å². The van der Waals surface area contributed by atoms with Crippen LogP contribution in [0.15, 0.2) is 124 Å². The molecule has 0 bridgehead atoms. The zero-order valence-corrected chi connectivity index (χ0v) is 20.3. The second kappa shape index (κ2) is 10.8. The molecule has 0 atom stereocenters. The molecular formula is C32H23NO5. The van der Waals surface area contributed by atoms with Gasteiger partial charge in [0.1, 0.15) is 16.9 Å². The molecule has 0 saturated heterocycles. The number of carbonyl (C=O) groups excluding carboxylic acids is 2. The van der Waals surface area contributed by atoms with Crippen LogP contribution in [0.3, 0.4) is 0 Å². The minimum atomic E-state index is -0.846. The second-order valence-corrected chi connectivity index (χ2v) is 8.67. The van der Waals surface area contributed by atoms with Crippen LogP contribution in [-0.2, 0) is 4.79 Å². The number of hydrogen-bond acceptors (Lipinski definition) is 6.